The van der Waals surface area contributed by atoms with Gasteiger partial charge in [0.15, 0.2) is 0 Å². The first-order valence-corrected chi connectivity index (χ1v) is 7.61. The van der Waals surface area contributed by atoms with Gasteiger partial charge in [0.1, 0.15) is 0 Å². The Bertz CT molecular complexity index is 622. The molecular weight excluding hydrogens is 340 g/mol. The molecule has 0 saturated heterocycles. The highest BCUT2D eigenvalue weighted by molar-refractivity contribution is 9.10. The van der Waals surface area contributed by atoms with E-state index in [9.17, 15) is 9.59 Å². The number of rotatable bonds is 4. The van der Waals surface area contributed by atoms with Crippen molar-refractivity contribution in [3.63, 3.8) is 0 Å². The Kier molecular flexibility index (Phi) is 4.92. The lowest BCUT2D eigenvalue weighted by Crippen LogP contribution is -2.32. The normalized spacial score (nSPS) is 10.1. The quantitative estimate of drug-likeness (QED) is 0.887. The molecule has 0 aliphatic heterocycles. The van der Waals surface area contributed by atoms with E-state index in [1.54, 1.807) is 12.1 Å². The van der Waals surface area contributed by atoms with Gasteiger partial charge in [-0.2, -0.15) is 0 Å². The van der Waals surface area contributed by atoms with Crippen molar-refractivity contribution in [3.05, 3.63) is 50.6 Å². The number of hydrogen-bond donors (Lipinski definition) is 2. The third-order valence-electron chi connectivity index (χ3n) is 2.61. The third kappa shape index (κ3) is 3.91. The highest BCUT2D eigenvalue weighted by Gasteiger charge is 2.11. The van der Waals surface area contributed by atoms with Crippen LogP contribution >= 0.6 is 27.3 Å². The predicted molar refractivity (Wildman–Crippen MR) is 84.2 cm³/mol. The Hall–Kier alpha value is -1.66. The van der Waals surface area contributed by atoms with Crippen LogP contribution in [-0.2, 0) is 4.79 Å². The van der Waals surface area contributed by atoms with E-state index in [0.717, 1.165) is 10.0 Å². The van der Waals surface area contributed by atoms with Gasteiger partial charge >= 0.3 is 0 Å². The highest BCUT2D eigenvalue weighted by Crippen LogP contribution is 2.15. The van der Waals surface area contributed by atoms with Crippen LogP contribution in [0.1, 0.15) is 15.2 Å². The standard InChI is InChI=1S/C14H13BrN2O2S/c1-9-6-7-20-13(9)14(19)16-8-12(18)17-11-4-2-10(15)3-5-11/h2-7H,8H2,1H3,(H,16,19)(H,17,18). The van der Waals surface area contributed by atoms with Gasteiger partial charge in [0, 0.05) is 10.2 Å². The smallest absolute Gasteiger partial charge is 0.262 e. The second-order valence-corrected chi connectivity index (χ2v) is 6.00. The van der Waals surface area contributed by atoms with E-state index in [1.807, 2.05) is 30.5 Å². The maximum Gasteiger partial charge on any atom is 0.262 e. The zero-order valence-electron chi connectivity index (χ0n) is 10.8. The fourth-order valence-electron chi connectivity index (χ4n) is 1.58. The number of amides is 2. The number of anilines is 1. The van der Waals surface area contributed by atoms with Crippen LogP contribution in [0.5, 0.6) is 0 Å². The zero-order valence-corrected chi connectivity index (χ0v) is 13.2. The van der Waals surface area contributed by atoms with Crippen LogP contribution in [0.3, 0.4) is 0 Å². The third-order valence-corrected chi connectivity index (χ3v) is 4.15. The molecule has 1 aromatic heterocycles. The number of benzene rings is 1. The zero-order chi connectivity index (χ0) is 14.5. The molecule has 2 N–H and O–H groups in total. The molecule has 104 valence electrons. The summed E-state index contributed by atoms with van der Waals surface area (Å²) in [5, 5.41) is 7.17. The summed E-state index contributed by atoms with van der Waals surface area (Å²) < 4.78 is 0.942. The largest absolute Gasteiger partial charge is 0.342 e. The van der Waals surface area contributed by atoms with E-state index < -0.39 is 0 Å². The van der Waals surface area contributed by atoms with Crippen LogP contribution in [0.25, 0.3) is 0 Å². The molecule has 0 fully saturated rings. The molecule has 0 atom stereocenters. The van der Waals surface area contributed by atoms with Gasteiger partial charge in [0.05, 0.1) is 11.4 Å². The van der Waals surface area contributed by atoms with Gasteiger partial charge in [0.25, 0.3) is 5.91 Å². The second kappa shape index (κ2) is 6.67. The fraction of sp³-hybridized carbons (Fsp3) is 0.143. The lowest BCUT2D eigenvalue weighted by atomic mass is 10.3. The molecule has 0 saturated carbocycles. The first-order chi connectivity index (χ1) is 9.56. The van der Waals surface area contributed by atoms with Crippen molar-refractivity contribution in [2.45, 2.75) is 6.92 Å². The summed E-state index contributed by atoms with van der Waals surface area (Å²) in [4.78, 5) is 24.2. The van der Waals surface area contributed by atoms with Gasteiger partial charge in [-0.05, 0) is 48.2 Å². The summed E-state index contributed by atoms with van der Waals surface area (Å²) in [6.45, 7) is 1.82. The first-order valence-electron chi connectivity index (χ1n) is 5.94. The molecule has 0 bridgehead atoms. The molecule has 1 aromatic carbocycles. The SMILES string of the molecule is Cc1ccsc1C(=O)NCC(=O)Nc1ccc(Br)cc1. The maximum absolute atomic E-state index is 11.8. The Labute approximate surface area is 129 Å². The average molecular weight is 353 g/mol. The summed E-state index contributed by atoms with van der Waals surface area (Å²) in [6.07, 6.45) is 0. The molecule has 2 aromatic rings. The van der Waals surface area contributed by atoms with Crippen LogP contribution in [0.2, 0.25) is 0 Å². The lowest BCUT2D eigenvalue weighted by Gasteiger charge is -2.06. The fourth-order valence-corrected chi connectivity index (χ4v) is 2.69. The number of halogens is 1. The van der Waals surface area contributed by atoms with Gasteiger partial charge in [0.2, 0.25) is 5.91 Å². The van der Waals surface area contributed by atoms with Crippen molar-refractivity contribution in [2.75, 3.05) is 11.9 Å². The second-order valence-electron chi connectivity index (χ2n) is 4.17. The van der Waals surface area contributed by atoms with Crippen molar-refractivity contribution in [3.8, 4) is 0 Å². The van der Waals surface area contributed by atoms with E-state index in [-0.39, 0.29) is 18.4 Å². The maximum atomic E-state index is 11.8. The number of carbonyl (C=O) groups is 2. The molecule has 0 radical (unpaired) electrons. The average Bonchev–Trinajstić information content (AvgIpc) is 2.85. The van der Waals surface area contributed by atoms with Crippen molar-refractivity contribution >= 4 is 44.8 Å². The van der Waals surface area contributed by atoms with Crippen molar-refractivity contribution in [1.29, 1.82) is 0 Å². The van der Waals surface area contributed by atoms with Gasteiger partial charge in [-0.1, -0.05) is 15.9 Å². The molecule has 2 amide bonds. The Balaban J connectivity index is 1.85. The molecule has 0 aliphatic carbocycles. The van der Waals surface area contributed by atoms with Crippen LogP contribution in [0, 0.1) is 6.92 Å². The molecule has 20 heavy (non-hydrogen) atoms. The topological polar surface area (TPSA) is 58.2 Å². The minimum Gasteiger partial charge on any atom is -0.342 e. The van der Waals surface area contributed by atoms with E-state index in [0.29, 0.717) is 10.6 Å². The predicted octanol–water partition coefficient (Wildman–Crippen LogP) is 3.19. The Morgan fingerprint density at radius 2 is 1.90 bits per heavy atom. The Morgan fingerprint density at radius 3 is 2.50 bits per heavy atom. The van der Waals surface area contributed by atoms with Crippen LogP contribution in [0.4, 0.5) is 5.69 Å². The van der Waals surface area contributed by atoms with E-state index >= 15 is 0 Å². The molecule has 4 nitrogen and oxygen atoms in total. The van der Waals surface area contributed by atoms with Crippen LogP contribution in [-0.4, -0.2) is 18.4 Å². The molecule has 6 heteroatoms. The minimum atomic E-state index is -0.255. The minimum absolute atomic E-state index is 0.0494. The van der Waals surface area contributed by atoms with Crippen molar-refractivity contribution < 1.29 is 9.59 Å². The molecule has 0 aliphatic rings. The summed E-state index contributed by atoms with van der Waals surface area (Å²) in [6, 6.07) is 9.12. The Morgan fingerprint density at radius 1 is 1.20 bits per heavy atom. The summed E-state index contributed by atoms with van der Waals surface area (Å²) in [5.41, 5.74) is 1.61. The number of carbonyl (C=O) groups excluding carboxylic acids is 2. The number of nitrogens with one attached hydrogen (secondary N) is 2. The van der Waals surface area contributed by atoms with Crippen LogP contribution in [0.15, 0.2) is 40.2 Å². The molecule has 0 unspecified atom stereocenters. The molecule has 0 spiro atoms. The van der Waals surface area contributed by atoms with E-state index in [4.69, 9.17) is 0 Å². The number of hydrogen-bond acceptors (Lipinski definition) is 3. The van der Waals surface area contributed by atoms with Gasteiger partial charge in [-0.3, -0.25) is 9.59 Å². The summed E-state index contributed by atoms with van der Waals surface area (Å²) in [5.74, 6) is -0.474. The van der Waals surface area contributed by atoms with Crippen molar-refractivity contribution in [1.82, 2.24) is 5.32 Å². The summed E-state index contributed by atoms with van der Waals surface area (Å²) in [7, 11) is 0. The number of aryl methyl sites for hydroxylation is 1. The number of thiophene rings is 1. The van der Waals surface area contributed by atoms with Gasteiger partial charge in [-0.15, -0.1) is 11.3 Å². The van der Waals surface area contributed by atoms with Gasteiger partial charge in [-0.25, -0.2) is 0 Å². The summed E-state index contributed by atoms with van der Waals surface area (Å²) >= 11 is 4.69. The molecule has 2 rings (SSSR count). The van der Waals surface area contributed by atoms with Crippen LogP contribution < -0.4 is 10.6 Å². The van der Waals surface area contributed by atoms with Crippen molar-refractivity contribution in [2.24, 2.45) is 0 Å². The van der Waals surface area contributed by atoms with E-state index in [1.165, 1.54) is 11.3 Å². The lowest BCUT2D eigenvalue weighted by molar-refractivity contribution is -0.115. The molecule has 1 heterocycles. The monoisotopic (exact) mass is 352 g/mol. The highest BCUT2D eigenvalue weighted by atomic mass is 79.9. The van der Waals surface area contributed by atoms with Gasteiger partial charge < -0.3 is 10.6 Å². The molecular formula is C14H13BrN2O2S. The van der Waals surface area contributed by atoms with E-state index in [2.05, 4.69) is 26.6 Å². The first kappa shape index (κ1) is 14.7.